The van der Waals surface area contributed by atoms with Gasteiger partial charge in [-0.1, -0.05) is 42.5 Å². The second kappa shape index (κ2) is 7.53. The van der Waals surface area contributed by atoms with Gasteiger partial charge in [-0.3, -0.25) is 9.89 Å². The number of anilines is 1. The average Bonchev–Trinajstić information content (AvgIpc) is 3.16. The Labute approximate surface area is 157 Å². The maximum atomic E-state index is 12.1. The second-order valence-electron chi connectivity index (χ2n) is 6.47. The molecule has 1 aliphatic heterocycles. The number of H-pyrrole nitrogens is 1. The molecule has 0 aliphatic carbocycles. The zero-order valence-corrected chi connectivity index (χ0v) is 15.1. The highest BCUT2D eigenvalue weighted by Crippen LogP contribution is 2.43. The topological polar surface area (TPSA) is 76.2 Å². The van der Waals surface area contributed by atoms with E-state index >= 15 is 0 Å². The lowest BCUT2D eigenvalue weighted by Gasteiger charge is -2.25. The van der Waals surface area contributed by atoms with E-state index in [0.29, 0.717) is 30.3 Å². The Balaban J connectivity index is 1.63. The van der Waals surface area contributed by atoms with Gasteiger partial charge in [0.25, 0.3) is 0 Å². The fourth-order valence-corrected chi connectivity index (χ4v) is 3.46. The van der Waals surface area contributed by atoms with Crippen molar-refractivity contribution >= 4 is 11.7 Å². The molecule has 0 saturated heterocycles. The molecule has 6 heteroatoms. The lowest BCUT2D eigenvalue weighted by atomic mass is 9.86. The number of benzene rings is 2. The number of ether oxygens (including phenoxy) is 2. The Hall–Kier alpha value is -3.28. The average molecular weight is 363 g/mol. The minimum atomic E-state index is -0.130. The molecule has 2 aromatic carbocycles. The number of aromatic amines is 1. The number of carbonyl (C=O) groups excluding carboxylic acids is 1. The van der Waals surface area contributed by atoms with Gasteiger partial charge in [-0.25, -0.2) is 0 Å². The number of para-hydroxylation sites is 1. The van der Waals surface area contributed by atoms with E-state index in [2.05, 4.69) is 27.6 Å². The van der Waals surface area contributed by atoms with Crippen molar-refractivity contribution in [1.29, 1.82) is 0 Å². The predicted molar refractivity (Wildman–Crippen MR) is 102 cm³/mol. The monoisotopic (exact) mass is 363 g/mol. The van der Waals surface area contributed by atoms with E-state index in [-0.39, 0.29) is 11.8 Å². The summed E-state index contributed by atoms with van der Waals surface area (Å²) >= 11 is 0. The van der Waals surface area contributed by atoms with Crippen molar-refractivity contribution in [2.75, 3.05) is 19.0 Å². The van der Waals surface area contributed by atoms with Crippen LogP contribution in [0.25, 0.3) is 0 Å². The van der Waals surface area contributed by atoms with Crippen LogP contribution in [0.3, 0.4) is 0 Å². The molecule has 1 aromatic heterocycles. The van der Waals surface area contributed by atoms with Gasteiger partial charge in [0.05, 0.1) is 19.9 Å². The Morgan fingerprint density at radius 2 is 1.96 bits per heavy atom. The lowest BCUT2D eigenvalue weighted by molar-refractivity contribution is -0.116. The van der Waals surface area contributed by atoms with Gasteiger partial charge < -0.3 is 14.8 Å². The molecular weight excluding hydrogens is 342 g/mol. The quantitative estimate of drug-likeness (QED) is 0.703. The van der Waals surface area contributed by atoms with Gasteiger partial charge >= 0.3 is 0 Å². The Morgan fingerprint density at radius 1 is 1.11 bits per heavy atom. The van der Waals surface area contributed by atoms with Crippen LogP contribution in [-0.2, 0) is 11.2 Å². The third-order valence-corrected chi connectivity index (χ3v) is 4.78. The fraction of sp³-hybridized carbons (Fsp3) is 0.238. The van der Waals surface area contributed by atoms with Crippen LogP contribution in [0.5, 0.6) is 11.5 Å². The van der Waals surface area contributed by atoms with Crippen LogP contribution in [0, 0.1) is 0 Å². The van der Waals surface area contributed by atoms with Crippen LogP contribution in [-0.4, -0.2) is 29.8 Å². The molecule has 0 spiro atoms. The molecule has 27 heavy (non-hydrogen) atoms. The van der Waals surface area contributed by atoms with E-state index in [0.717, 1.165) is 17.5 Å². The van der Waals surface area contributed by atoms with E-state index in [1.54, 1.807) is 13.3 Å². The van der Waals surface area contributed by atoms with E-state index < -0.39 is 0 Å². The van der Waals surface area contributed by atoms with Gasteiger partial charge in [-0.05, 0) is 11.6 Å². The van der Waals surface area contributed by atoms with Gasteiger partial charge in [0.1, 0.15) is 5.82 Å². The number of hydrogen-bond donors (Lipinski definition) is 2. The van der Waals surface area contributed by atoms with Crippen molar-refractivity contribution in [3.8, 4) is 11.5 Å². The highest BCUT2D eigenvalue weighted by atomic mass is 16.5. The van der Waals surface area contributed by atoms with E-state index in [9.17, 15) is 4.79 Å². The smallest absolute Gasteiger partial charge is 0.226 e. The van der Waals surface area contributed by atoms with Gasteiger partial charge in [0.2, 0.25) is 5.91 Å². The molecule has 3 aromatic rings. The summed E-state index contributed by atoms with van der Waals surface area (Å²) in [7, 11) is 1.63. The number of rotatable bonds is 6. The zero-order chi connectivity index (χ0) is 18.6. The molecule has 0 fully saturated rings. The number of amides is 1. The minimum absolute atomic E-state index is 0.0465. The molecule has 1 amide bonds. The first-order chi connectivity index (χ1) is 13.3. The van der Waals surface area contributed by atoms with E-state index in [4.69, 9.17) is 9.47 Å². The summed E-state index contributed by atoms with van der Waals surface area (Å²) in [6.45, 7) is 0.522. The summed E-state index contributed by atoms with van der Waals surface area (Å²) in [5, 5.41) is 9.75. The number of aromatic nitrogens is 2. The van der Waals surface area contributed by atoms with Crippen LogP contribution in [0.1, 0.15) is 29.0 Å². The van der Waals surface area contributed by atoms with Crippen molar-refractivity contribution in [2.24, 2.45) is 0 Å². The normalized spacial score (nSPS) is 15.7. The third-order valence-electron chi connectivity index (χ3n) is 4.78. The molecule has 2 N–H and O–H groups in total. The van der Waals surface area contributed by atoms with Crippen molar-refractivity contribution < 1.29 is 14.3 Å². The Morgan fingerprint density at radius 3 is 2.78 bits per heavy atom. The van der Waals surface area contributed by atoms with E-state index in [1.165, 1.54) is 5.56 Å². The summed E-state index contributed by atoms with van der Waals surface area (Å²) < 4.78 is 11.7. The zero-order valence-electron chi connectivity index (χ0n) is 15.1. The van der Waals surface area contributed by atoms with Crippen LogP contribution in [0.15, 0.2) is 54.7 Å². The molecular formula is C21H21N3O3. The molecule has 1 atom stereocenters. The number of fused-ring (bicyclic) bond motifs is 1. The van der Waals surface area contributed by atoms with Crippen molar-refractivity contribution in [2.45, 2.75) is 18.8 Å². The molecule has 1 aliphatic rings. The second-order valence-corrected chi connectivity index (χ2v) is 6.47. The van der Waals surface area contributed by atoms with Crippen LogP contribution < -0.4 is 14.8 Å². The Bertz CT molecular complexity index is 937. The molecule has 0 unspecified atom stereocenters. The first-order valence-corrected chi connectivity index (χ1v) is 8.93. The van der Waals surface area contributed by atoms with Crippen LogP contribution in [0.4, 0.5) is 5.82 Å². The summed E-state index contributed by atoms with van der Waals surface area (Å²) in [5.41, 5.74) is 3.10. The maximum Gasteiger partial charge on any atom is 0.226 e. The first-order valence-electron chi connectivity index (χ1n) is 8.93. The van der Waals surface area contributed by atoms with Crippen LogP contribution in [0.2, 0.25) is 0 Å². The third kappa shape index (κ3) is 3.51. The van der Waals surface area contributed by atoms with Crippen molar-refractivity contribution in [3.63, 3.8) is 0 Å². The largest absolute Gasteiger partial charge is 0.493 e. The number of hydrogen-bond acceptors (Lipinski definition) is 4. The standard InChI is InChI=1S/C21H21N3O3/c1-26-18-9-5-8-15(16-12-19(25)23-21-17(16)13-22-24-21)20(18)27-11-10-14-6-3-2-4-7-14/h2-9,13,16H,10-12H2,1H3,(H2,22,23,24,25)/t16-/m1/s1. The van der Waals surface area contributed by atoms with Gasteiger partial charge in [-0.2, -0.15) is 5.10 Å². The Kier molecular flexibility index (Phi) is 4.78. The molecule has 0 saturated carbocycles. The molecule has 138 valence electrons. The minimum Gasteiger partial charge on any atom is -0.493 e. The van der Waals surface area contributed by atoms with Gasteiger partial charge in [-0.15, -0.1) is 0 Å². The highest BCUT2D eigenvalue weighted by Gasteiger charge is 2.31. The lowest BCUT2D eigenvalue weighted by Crippen LogP contribution is -2.23. The molecule has 2 heterocycles. The molecule has 0 bridgehead atoms. The summed E-state index contributed by atoms with van der Waals surface area (Å²) in [5.74, 6) is 1.82. The van der Waals surface area contributed by atoms with Gasteiger partial charge in [0, 0.05) is 29.9 Å². The molecule has 0 radical (unpaired) electrons. The fourth-order valence-electron chi connectivity index (χ4n) is 3.46. The summed E-state index contributed by atoms with van der Waals surface area (Å²) in [6, 6.07) is 16.0. The molecule has 4 rings (SSSR count). The number of nitrogens with zero attached hydrogens (tertiary/aromatic N) is 1. The van der Waals surface area contributed by atoms with Crippen molar-refractivity contribution in [1.82, 2.24) is 10.2 Å². The van der Waals surface area contributed by atoms with E-state index in [1.807, 2.05) is 36.4 Å². The summed E-state index contributed by atoms with van der Waals surface area (Å²) in [4.78, 5) is 12.1. The van der Waals surface area contributed by atoms with Gasteiger partial charge in [0.15, 0.2) is 11.5 Å². The highest BCUT2D eigenvalue weighted by molar-refractivity contribution is 5.94. The first kappa shape index (κ1) is 17.1. The number of methoxy groups -OCH3 is 1. The number of nitrogens with one attached hydrogen (secondary N) is 2. The predicted octanol–water partition coefficient (Wildman–Crippen LogP) is 3.51. The maximum absolute atomic E-state index is 12.1. The van der Waals surface area contributed by atoms with Crippen molar-refractivity contribution in [3.05, 3.63) is 71.4 Å². The molecule has 6 nitrogen and oxygen atoms in total. The summed E-state index contributed by atoms with van der Waals surface area (Å²) in [6.07, 6.45) is 2.89. The number of carbonyl (C=O) groups is 1. The van der Waals surface area contributed by atoms with Crippen LogP contribution >= 0.6 is 0 Å². The SMILES string of the molecule is COc1cccc([C@H]2CC(=O)Nc3[nH]ncc32)c1OCCc1ccccc1.